The van der Waals surface area contributed by atoms with Crippen LogP contribution >= 0.6 is 0 Å². The highest BCUT2D eigenvalue weighted by atomic mass is 16.5. The second-order valence-electron chi connectivity index (χ2n) is 7.31. The Labute approximate surface area is 164 Å². The molecular weight excluding hydrogens is 360 g/mol. The largest absolute Gasteiger partial charge is 0.381 e. The summed E-state index contributed by atoms with van der Waals surface area (Å²) in [6.07, 6.45) is 2.58. The molecule has 9 heteroatoms. The average molecular weight is 386 g/mol. The Hall–Kier alpha value is -2.36. The number of hydrogen-bond donors (Lipinski definition) is 1. The Morgan fingerprint density at radius 3 is 2.82 bits per heavy atom. The monoisotopic (exact) mass is 386 g/mol. The number of aromatic nitrogens is 4. The van der Waals surface area contributed by atoms with Crippen LogP contribution in [0.2, 0.25) is 0 Å². The number of amides is 1. The van der Waals surface area contributed by atoms with Gasteiger partial charge in [-0.05, 0) is 47.5 Å². The van der Waals surface area contributed by atoms with Crippen molar-refractivity contribution in [2.45, 2.75) is 19.4 Å². The summed E-state index contributed by atoms with van der Waals surface area (Å²) in [5.74, 6) is 0.380. The van der Waals surface area contributed by atoms with Crippen LogP contribution in [0.25, 0.3) is 5.69 Å². The van der Waals surface area contributed by atoms with Crippen LogP contribution in [0.3, 0.4) is 0 Å². The fourth-order valence-corrected chi connectivity index (χ4v) is 3.98. The lowest BCUT2D eigenvalue weighted by Gasteiger charge is -2.37. The lowest BCUT2D eigenvalue weighted by molar-refractivity contribution is 0.00166. The van der Waals surface area contributed by atoms with Gasteiger partial charge in [-0.15, -0.1) is 5.10 Å². The van der Waals surface area contributed by atoms with E-state index in [-0.39, 0.29) is 11.9 Å². The molecule has 3 heterocycles. The van der Waals surface area contributed by atoms with E-state index >= 15 is 0 Å². The minimum atomic E-state index is -0.0662. The van der Waals surface area contributed by atoms with Gasteiger partial charge in [0.1, 0.15) is 6.33 Å². The van der Waals surface area contributed by atoms with Crippen molar-refractivity contribution >= 4 is 5.91 Å². The van der Waals surface area contributed by atoms with Crippen LogP contribution in [0.1, 0.15) is 22.3 Å². The van der Waals surface area contributed by atoms with E-state index in [1.165, 1.54) is 0 Å². The van der Waals surface area contributed by atoms with Crippen molar-refractivity contribution in [3.8, 4) is 5.69 Å². The van der Waals surface area contributed by atoms with E-state index in [1.54, 1.807) is 11.0 Å². The van der Waals surface area contributed by atoms with Crippen molar-refractivity contribution in [2.75, 3.05) is 46.1 Å². The number of benzene rings is 1. The molecule has 2 unspecified atom stereocenters. The first-order valence-corrected chi connectivity index (χ1v) is 9.74. The van der Waals surface area contributed by atoms with Gasteiger partial charge in [0.25, 0.3) is 5.91 Å². The number of hydrogen-bond acceptors (Lipinski definition) is 7. The zero-order chi connectivity index (χ0) is 19.3. The SMILES string of the molecule is Cc1cc(C(=O)NCC(C2CCOC2)N2CCOCC2)ccc1-n1cnnn1. The minimum absolute atomic E-state index is 0.0662. The first-order chi connectivity index (χ1) is 13.7. The number of tetrazole rings is 1. The number of carbonyl (C=O) groups excluding carboxylic acids is 1. The van der Waals surface area contributed by atoms with Crippen LogP contribution < -0.4 is 5.32 Å². The van der Waals surface area contributed by atoms with Crippen molar-refractivity contribution in [2.24, 2.45) is 5.92 Å². The summed E-state index contributed by atoms with van der Waals surface area (Å²) >= 11 is 0. The van der Waals surface area contributed by atoms with E-state index in [9.17, 15) is 4.79 Å². The predicted molar refractivity (Wildman–Crippen MR) is 101 cm³/mol. The Kier molecular flexibility index (Phi) is 5.94. The molecule has 0 saturated carbocycles. The molecule has 0 bridgehead atoms. The highest BCUT2D eigenvalue weighted by Crippen LogP contribution is 2.22. The number of nitrogens with one attached hydrogen (secondary N) is 1. The smallest absolute Gasteiger partial charge is 0.251 e. The van der Waals surface area contributed by atoms with Crippen molar-refractivity contribution in [3.05, 3.63) is 35.7 Å². The summed E-state index contributed by atoms with van der Waals surface area (Å²) in [4.78, 5) is 15.2. The van der Waals surface area contributed by atoms with Gasteiger partial charge in [0.2, 0.25) is 0 Å². The van der Waals surface area contributed by atoms with E-state index < -0.39 is 0 Å². The minimum Gasteiger partial charge on any atom is -0.381 e. The molecule has 2 aliphatic rings. The average Bonchev–Trinajstić information content (AvgIpc) is 3.43. The van der Waals surface area contributed by atoms with Crippen LogP contribution in [0.4, 0.5) is 0 Å². The van der Waals surface area contributed by atoms with Crippen LogP contribution in [-0.2, 0) is 9.47 Å². The van der Waals surface area contributed by atoms with E-state index in [0.717, 1.165) is 57.2 Å². The number of carbonyl (C=O) groups is 1. The van der Waals surface area contributed by atoms with Crippen LogP contribution in [0, 0.1) is 12.8 Å². The van der Waals surface area contributed by atoms with Gasteiger partial charge in [0.15, 0.2) is 0 Å². The van der Waals surface area contributed by atoms with Gasteiger partial charge < -0.3 is 14.8 Å². The molecule has 1 aromatic carbocycles. The summed E-state index contributed by atoms with van der Waals surface area (Å²) in [7, 11) is 0. The highest BCUT2D eigenvalue weighted by molar-refractivity contribution is 5.94. The Morgan fingerprint density at radius 1 is 1.29 bits per heavy atom. The number of rotatable bonds is 6. The summed E-state index contributed by atoms with van der Waals surface area (Å²) in [5.41, 5.74) is 2.43. The molecule has 2 aliphatic heterocycles. The van der Waals surface area contributed by atoms with Crippen molar-refractivity contribution in [1.82, 2.24) is 30.4 Å². The van der Waals surface area contributed by atoms with Gasteiger partial charge in [0.05, 0.1) is 25.5 Å². The van der Waals surface area contributed by atoms with E-state index in [0.29, 0.717) is 18.0 Å². The first kappa shape index (κ1) is 19.0. The Morgan fingerprint density at radius 2 is 2.14 bits per heavy atom. The standard InChI is InChI=1S/C19H26N6O3/c1-14-10-15(2-3-17(14)25-13-21-22-23-25)19(26)20-11-18(16-4-7-28-12-16)24-5-8-27-9-6-24/h2-3,10,13,16,18H,4-9,11-12H2,1H3,(H,20,26). The number of nitrogens with zero attached hydrogens (tertiary/aromatic N) is 5. The highest BCUT2D eigenvalue weighted by Gasteiger charge is 2.31. The molecule has 0 spiro atoms. The van der Waals surface area contributed by atoms with E-state index in [4.69, 9.17) is 9.47 Å². The summed E-state index contributed by atoms with van der Waals surface area (Å²) in [6.45, 7) is 7.41. The van der Waals surface area contributed by atoms with Gasteiger partial charge in [-0.25, -0.2) is 4.68 Å². The van der Waals surface area contributed by atoms with E-state index in [1.807, 2.05) is 25.1 Å². The van der Waals surface area contributed by atoms with Crippen LogP contribution in [0.5, 0.6) is 0 Å². The third-order valence-corrected chi connectivity index (χ3v) is 5.55. The molecule has 1 amide bonds. The molecule has 2 aromatic rings. The molecule has 4 rings (SSSR count). The molecule has 1 N–H and O–H groups in total. The lowest BCUT2D eigenvalue weighted by Crippen LogP contribution is -2.52. The predicted octanol–water partition coefficient (Wildman–Crippen LogP) is 0.438. The number of ether oxygens (including phenoxy) is 2. The second-order valence-corrected chi connectivity index (χ2v) is 7.31. The second kappa shape index (κ2) is 8.76. The maximum atomic E-state index is 12.8. The van der Waals surface area contributed by atoms with Crippen molar-refractivity contribution < 1.29 is 14.3 Å². The zero-order valence-corrected chi connectivity index (χ0v) is 16.1. The quantitative estimate of drug-likeness (QED) is 0.770. The summed E-state index contributed by atoms with van der Waals surface area (Å²) in [5, 5.41) is 14.4. The number of morpholine rings is 1. The molecule has 9 nitrogen and oxygen atoms in total. The molecular formula is C19H26N6O3. The zero-order valence-electron chi connectivity index (χ0n) is 16.1. The van der Waals surface area contributed by atoms with Gasteiger partial charge in [0, 0.05) is 43.8 Å². The van der Waals surface area contributed by atoms with Crippen molar-refractivity contribution in [3.63, 3.8) is 0 Å². The third kappa shape index (κ3) is 4.21. The first-order valence-electron chi connectivity index (χ1n) is 9.74. The third-order valence-electron chi connectivity index (χ3n) is 5.55. The molecule has 1 aromatic heterocycles. The van der Waals surface area contributed by atoms with Crippen LogP contribution in [0.15, 0.2) is 24.5 Å². The Bertz CT molecular complexity index is 785. The van der Waals surface area contributed by atoms with Gasteiger partial charge in [-0.2, -0.15) is 0 Å². The number of aryl methyl sites for hydroxylation is 1. The molecule has 2 saturated heterocycles. The molecule has 28 heavy (non-hydrogen) atoms. The van der Waals surface area contributed by atoms with Crippen molar-refractivity contribution in [1.29, 1.82) is 0 Å². The summed E-state index contributed by atoms with van der Waals surface area (Å²) in [6, 6.07) is 5.82. The molecule has 0 radical (unpaired) electrons. The topological polar surface area (TPSA) is 94.4 Å². The van der Waals surface area contributed by atoms with Gasteiger partial charge >= 0.3 is 0 Å². The maximum absolute atomic E-state index is 12.8. The lowest BCUT2D eigenvalue weighted by atomic mass is 9.96. The maximum Gasteiger partial charge on any atom is 0.251 e. The molecule has 150 valence electrons. The fourth-order valence-electron chi connectivity index (χ4n) is 3.98. The normalized spacial score (nSPS) is 21.5. The molecule has 2 atom stereocenters. The summed E-state index contributed by atoms with van der Waals surface area (Å²) < 4.78 is 12.7. The van der Waals surface area contributed by atoms with Gasteiger partial charge in [-0.1, -0.05) is 0 Å². The molecule has 2 fully saturated rings. The van der Waals surface area contributed by atoms with Gasteiger partial charge in [-0.3, -0.25) is 9.69 Å². The fraction of sp³-hybridized carbons (Fsp3) is 0.579. The van der Waals surface area contributed by atoms with Crippen LogP contribution in [-0.4, -0.2) is 83.1 Å². The van der Waals surface area contributed by atoms with E-state index in [2.05, 4.69) is 25.7 Å². The molecule has 0 aliphatic carbocycles. The Balaban J connectivity index is 1.42.